The molecule has 0 aliphatic rings. The lowest BCUT2D eigenvalue weighted by atomic mass is 10.1. The normalized spacial score (nSPS) is 13.1. The van der Waals surface area contributed by atoms with E-state index in [2.05, 4.69) is 0 Å². The van der Waals surface area contributed by atoms with Gasteiger partial charge in [-0.15, -0.1) is 0 Å². The Hall–Kier alpha value is -1.62. The van der Waals surface area contributed by atoms with Gasteiger partial charge in [0.05, 0.1) is 5.56 Å². The predicted octanol–water partition coefficient (Wildman–Crippen LogP) is 4.77. The van der Waals surface area contributed by atoms with Crippen LogP contribution in [0.2, 0.25) is 0 Å². The van der Waals surface area contributed by atoms with E-state index in [0.29, 0.717) is 11.3 Å². The minimum atomic E-state index is -4.37. The van der Waals surface area contributed by atoms with E-state index in [1.807, 2.05) is 32.0 Å². The molecule has 22 heavy (non-hydrogen) atoms. The van der Waals surface area contributed by atoms with Crippen molar-refractivity contribution >= 4 is 10.8 Å². The van der Waals surface area contributed by atoms with Crippen LogP contribution in [0.5, 0.6) is 0 Å². The molecule has 5 heteroatoms. The van der Waals surface area contributed by atoms with Gasteiger partial charge < -0.3 is 0 Å². The number of benzene rings is 2. The smallest absolute Gasteiger partial charge is 0.259 e. The molecule has 1 unspecified atom stereocenters. The number of rotatable bonds is 4. The van der Waals surface area contributed by atoms with Crippen LogP contribution in [0.4, 0.5) is 13.2 Å². The zero-order valence-corrected chi connectivity index (χ0v) is 13.2. The zero-order chi connectivity index (χ0) is 16.3. The lowest BCUT2D eigenvalue weighted by Gasteiger charge is -2.09. The summed E-state index contributed by atoms with van der Waals surface area (Å²) in [5.74, 6) is 0.468. The highest BCUT2D eigenvalue weighted by Crippen LogP contribution is 2.29. The van der Waals surface area contributed by atoms with Crippen molar-refractivity contribution in [2.45, 2.75) is 31.5 Å². The second-order valence-corrected chi connectivity index (χ2v) is 6.88. The molecule has 0 aromatic heterocycles. The van der Waals surface area contributed by atoms with Gasteiger partial charge in [-0.3, -0.25) is 4.21 Å². The summed E-state index contributed by atoms with van der Waals surface area (Å²) in [5, 5.41) is 0. The summed E-state index contributed by atoms with van der Waals surface area (Å²) in [7, 11) is -1.24. The van der Waals surface area contributed by atoms with E-state index in [-0.39, 0.29) is 5.75 Å². The fourth-order valence-electron chi connectivity index (χ4n) is 2.41. The first kappa shape index (κ1) is 16.7. The van der Waals surface area contributed by atoms with E-state index in [9.17, 15) is 17.4 Å². The van der Waals surface area contributed by atoms with Crippen molar-refractivity contribution < 1.29 is 17.4 Å². The van der Waals surface area contributed by atoms with E-state index < -0.39 is 22.5 Å². The van der Waals surface area contributed by atoms with Crippen LogP contribution in [0.15, 0.2) is 42.5 Å². The van der Waals surface area contributed by atoms with Crippen LogP contribution < -0.4 is 0 Å². The fourth-order valence-corrected chi connectivity index (χ4v) is 3.60. The first-order chi connectivity index (χ1) is 10.2. The Morgan fingerprint density at radius 2 is 1.50 bits per heavy atom. The Kier molecular flexibility index (Phi) is 5.06. The van der Waals surface area contributed by atoms with Gasteiger partial charge in [-0.1, -0.05) is 47.5 Å². The quantitative estimate of drug-likeness (QED) is 0.791. The summed E-state index contributed by atoms with van der Waals surface area (Å²) in [6, 6.07) is 11.0. The highest BCUT2D eigenvalue weighted by molar-refractivity contribution is 7.83. The van der Waals surface area contributed by atoms with Gasteiger partial charge in [0.2, 0.25) is 0 Å². The predicted molar refractivity (Wildman–Crippen MR) is 82.9 cm³/mol. The van der Waals surface area contributed by atoms with Gasteiger partial charge in [-0.05, 0) is 31.0 Å². The molecule has 0 aliphatic heterocycles. The van der Waals surface area contributed by atoms with Gasteiger partial charge in [-0.2, -0.15) is 13.2 Å². The Morgan fingerprint density at radius 1 is 0.909 bits per heavy atom. The molecular formula is C17H17F3OS. The van der Waals surface area contributed by atoms with E-state index in [4.69, 9.17) is 0 Å². The fraction of sp³-hybridized carbons (Fsp3) is 0.294. The molecule has 0 aliphatic carbocycles. The number of halogens is 3. The molecule has 118 valence electrons. The summed E-state index contributed by atoms with van der Waals surface area (Å²) in [6.45, 7) is 3.93. The number of aryl methyl sites for hydroxylation is 2. The van der Waals surface area contributed by atoms with Gasteiger partial charge in [0, 0.05) is 22.3 Å². The number of alkyl halides is 3. The van der Waals surface area contributed by atoms with Crippen molar-refractivity contribution in [1.29, 1.82) is 0 Å². The van der Waals surface area contributed by atoms with Crippen molar-refractivity contribution in [3.8, 4) is 0 Å². The van der Waals surface area contributed by atoms with Crippen molar-refractivity contribution in [2.75, 3.05) is 0 Å². The summed E-state index contributed by atoms with van der Waals surface area (Å²) < 4.78 is 50.2. The van der Waals surface area contributed by atoms with Crippen LogP contribution in [-0.4, -0.2) is 4.21 Å². The molecule has 0 saturated heterocycles. The first-order valence-corrected chi connectivity index (χ1v) is 8.31. The molecule has 0 spiro atoms. The minimum absolute atomic E-state index is 0.122. The van der Waals surface area contributed by atoms with E-state index in [1.165, 1.54) is 6.07 Å². The standard InChI is InChI=1S/C17H17F3OS/c1-12-6-13(2)8-15(7-12)11-22(21)10-14-4-3-5-16(9-14)17(18,19)20/h3-9H,10-11H2,1-2H3. The lowest BCUT2D eigenvalue weighted by molar-refractivity contribution is -0.137. The first-order valence-electron chi connectivity index (χ1n) is 6.82. The second kappa shape index (κ2) is 6.65. The topological polar surface area (TPSA) is 17.1 Å². The van der Waals surface area contributed by atoms with Crippen LogP contribution in [0.1, 0.15) is 27.8 Å². The Balaban J connectivity index is 2.09. The van der Waals surface area contributed by atoms with Crippen molar-refractivity contribution in [3.63, 3.8) is 0 Å². The molecule has 0 heterocycles. The van der Waals surface area contributed by atoms with Crippen LogP contribution in [0.25, 0.3) is 0 Å². The Bertz CT molecular complexity index is 672. The van der Waals surface area contributed by atoms with Gasteiger partial charge in [-0.25, -0.2) is 0 Å². The molecule has 1 atom stereocenters. The van der Waals surface area contributed by atoms with Crippen LogP contribution in [0.3, 0.4) is 0 Å². The highest BCUT2D eigenvalue weighted by atomic mass is 32.2. The van der Waals surface area contributed by atoms with Crippen molar-refractivity contribution in [2.24, 2.45) is 0 Å². The van der Waals surface area contributed by atoms with Gasteiger partial charge in [0.15, 0.2) is 0 Å². The van der Waals surface area contributed by atoms with Gasteiger partial charge in [0.1, 0.15) is 0 Å². The van der Waals surface area contributed by atoms with Crippen LogP contribution >= 0.6 is 0 Å². The second-order valence-electron chi connectivity index (χ2n) is 5.42. The SMILES string of the molecule is Cc1cc(C)cc(CS(=O)Cc2cccc(C(F)(F)F)c2)c1. The molecule has 0 radical (unpaired) electrons. The lowest BCUT2D eigenvalue weighted by Crippen LogP contribution is -2.06. The van der Waals surface area contributed by atoms with Gasteiger partial charge >= 0.3 is 6.18 Å². The Labute approximate surface area is 130 Å². The molecule has 2 aromatic carbocycles. The summed E-state index contributed by atoms with van der Waals surface area (Å²) in [4.78, 5) is 0. The summed E-state index contributed by atoms with van der Waals surface area (Å²) in [6.07, 6.45) is -4.37. The maximum atomic E-state index is 12.7. The molecule has 0 saturated carbocycles. The van der Waals surface area contributed by atoms with E-state index in [1.54, 1.807) is 6.07 Å². The van der Waals surface area contributed by atoms with Gasteiger partial charge in [0.25, 0.3) is 0 Å². The van der Waals surface area contributed by atoms with E-state index in [0.717, 1.165) is 28.8 Å². The maximum absolute atomic E-state index is 12.7. The highest BCUT2D eigenvalue weighted by Gasteiger charge is 2.30. The molecule has 0 fully saturated rings. The summed E-state index contributed by atoms with van der Waals surface area (Å²) >= 11 is 0. The van der Waals surface area contributed by atoms with E-state index >= 15 is 0 Å². The third-order valence-corrected chi connectivity index (χ3v) is 4.50. The van der Waals surface area contributed by atoms with Crippen molar-refractivity contribution in [3.05, 3.63) is 70.3 Å². The zero-order valence-electron chi connectivity index (χ0n) is 12.4. The third kappa shape index (κ3) is 4.70. The molecule has 0 amide bonds. The van der Waals surface area contributed by atoms with Crippen LogP contribution in [-0.2, 0) is 28.5 Å². The number of hydrogen-bond donors (Lipinski definition) is 0. The summed E-state index contributed by atoms with van der Waals surface area (Å²) in [5.41, 5.74) is 2.87. The molecule has 1 nitrogen and oxygen atoms in total. The largest absolute Gasteiger partial charge is 0.416 e. The maximum Gasteiger partial charge on any atom is 0.416 e. The average Bonchev–Trinajstić information content (AvgIpc) is 2.36. The molecule has 2 rings (SSSR count). The third-order valence-electron chi connectivity index (χ3n) is 3.19. The average molecular weight is 326 g/mol. The molecular weight excluding hydrogens is 309 g/mol. The molecule has 0 N–H and O–H groups in total. The molecule has 0 bridgehead atoms. The van der Waals surface area contributed by atoms with Crippen molar-refractivity contribution in [1.82, 2.24) is 0 Å². The van der Waals surface area contributed by atoms with Crippen LogP contribution in [0, 0.1) is 13.8 Å². The molecule has 2 aromatic rings. The minimum Gasteiger partial charge on any atom is -0.259 e. The monoisotopic (exact) mass is 326 g/mol. The number of hydrogen-bond acceptors (Lipinski definition) is 1. The Morgan fingerprint density at radius 3 is 2.09 bits per heavy atom.